The van der Waals surface area contributed by atoms with E-state index in [0.717, 1.165) is 0 Å². The molecule has 0 aliphatic heterocycles. The van der Waals surface area contributed by atoms with Crippen molar-refractivity contribution in [1.82, 2.24) is 15.3 Å². The van der Waals surface area contributed by atoms with Crippen LogP contribution < -0.4 is 10.0 Å². The number of nitrogens with one attached hydrogen (secondary N) is 2. The van der Waals surface area contributed by atoms with Crippen molar-refractivity contribution in [1.29, 1.82) is 0 Å². The lowest BCUT2D eigenvalue weighted by molar-refractivity contribution is -0.127. The molecule has 0 saturated heterocycles. The molecule has 1 aromatic heterocycles. The van der Waals surface area contributed by atoms with Crippen molar-refractivity contribution >= 4 is 27.5 Å². The Kier molecular flexibility index (Phi) is 7.09. The van der Waals surface area contributed by atoms with E-state index in [1.54, 1.807) is 13.0 Å². The van der Waals surface area contributed by atoms with Crippen LogP contribution in [0.25, 0.3) is 0 Å². The maximum atomic E-state index is 12.4. The Hall–Kier alpha value is -3.07. The molecule has 1 aromatic rings. The van der Waals surface area contributed by atoms with Gasteiger partial charge in [0, 0.05) is 36.6 Å². The molecular weight excluding hydrogens is 404 g/mol. The molecule has 2 N–H and O–H groups in total. The quantitative estimate of drug-likeness (QED) is 0.388. The fourth-order valence-corrected chi connectivity index (χ4v) is 3.51. The summed E-state index contributed by atoms with van der Waals surface area (Å²) in [6.45, 7) is 10.6. The van der Waals surface area contributed by atoms with E-state index in [1.165, 1.54) is 37.5 Å². The van der Waals surface area contributed by atoms with Crippen LogP contribution in [0.1, 0.15) is 39.3 Å². The molecule has 1 aliphatic carbocycles. The largest absolute Gasteiger partial charge is 0.361 e. The summed E-state index contributed by atoms with van der Waals surface area (Å²) >= 11 is 0. The first-order valence-corrected chi connectivity index (χ1v) is 10.8. The Labute approximate surface area is 176 Å². The van der Waals surface area contributed by atoms with Crippen LogP contribution in [0.2, 0.25) is 0 Å². The van der Waals surface area contributed by atoms with Crippen LogP contribution in [0.3, 0.4) is 0 Å². The van der Waals surface area contributed by atoms with E-state index in [1.807, 2.05) is 13.8 Å². The molecule has 160 valence electrons. The highest BCUT2D eigenvalue weighted by Crippen LogP contribution is 2.33. The minimum atomic E-state index is -3.84. The summed E-state index contributed by atoms with van der Waals surface area (Å²) in [6, 6.07) is 1.66. The number of aromatic nitrogens is 2. The first kappa shape index (κ1) is 23.2. The van der Waals surface area contributed by atoms with Crippen molar-refractivity contribution in [3.05, 3.63) is 65.1 Å². The minimum Gasteiger partial charge on any atom is -0.361 e. The molecule has 30 heavy (non-hydrogen) atoms. The standard InChI is InChI=1S/C21H26N4O4S/c1-6-16(23-13-17-18(26)11-21(4,5)12-19(17)27)8-7-15(3)30(28,29)25-20-22-10-9-14(2)24-20/h6-10,13,23H,1,11-12H2,2-5H3,(H,22,24,25)/b15-7+,16-8+. The molecule has 0 atom stereocenters. The SMILES string of the molecule is C=C/C(=C\C=C(/C)S(=O)(=O)Nc1nccc(C)n1)NC=C1C(=O)CC(C)(C)CC1=O. The number of carbonyl (C=O) groups is 2. The number of nitrogens with zero attached hydrogens (tertiary/aromatic N) is 2. The lowest BCUT2D eigenvalue weighted by Gasteiger charge is -2.28. The van der Waals surface area contributed by atoms with Gasteiger partial charge in [0.25, 0.3) is 10.0 Å². The average molecular weight is 431 g/mol. The van der Waals surface area contributed by atoms with Crippen LogP contribution in [-0.4, -0.2) is 30.0 Å². The van der Waals surface area contributed by atoms with Gasteiger partial charge < -0.3 is 5.32 Å². The van der Waals surface area contributed by atoms with Crippen LogP contribution in [0.5, 0.6) is 0 Å². The number of ketones is 2. The lowest BCUT2D eigenvalue weighted by Crippen LogP contribution is -2.32. The van der Waals surface area contributed by atoms with Gasteiger partial charge in [0.2, 0.25) is 5.95 Å². The zero-order chi connectivity index (χ0) is 22.5. The van der Waals surface area contributed by atoms with Gasteiger partial charge in [-0.3, -0.25) is 9.59 Å². The molecular formula is C21H26N4O4S. The number of Topliss-reactive ketones (excluding diaryl/α,β-unsaturated/α-hetero) is 2. The zero-order valence-electron chi connectivity index (χ0n) is 17.5. The van der Waals surface area contributed by atoms with Crippen molar-refractivity contribution < 1.29 is 18.0 Å². The van der Waals surface area contributed by atoms with Crippen LogP contribution in [0, 0.1) is 12.3 Å². The Bertz CT molecular complexity index is 1040. The molecule has 1 fully saturated rings. The third-order valence-electron chi connectivity index (χ3n) is 4.42. The summed E-state index contributed by atoms with van der Waals surface area (Å²) in [4.78, 5) is 32.4. The van der Waals surface area contributed by atoms with Gasteiger partial charge in [0.05, 0.1) is 10.5 Å². The monoisotopic (exact) mass is 430 g/mol. The van der Waals surface area contributed by atoms with E-state index in [0.29, 0.717) is 24.2 Å². The van der Waals surface area contributed by atoms with E-state index in [2.05, 4.69) is 26.6 Å². The predicted octanol–water partition coefficient (Wildman–Crippen LogP) is 2.93. The third-order valence-corrected chi connectivity index (χ3v) is 5.86. The van der Waals surface area contributed by atoms with Crippen molar-refractivity contribution in [3.8, 4) is 0 Å². The van der Waals surface area contributed by atoms with Crippen LogP contribution in [0.4, 0.5) is 5.95 Å². The summed E-state index contributed by atoms with van der Waals surface area (Å²) in [5.74, 6) is -0.455. The maximum Gasteiger partial charge on any atom is 0.260 e. The fraction of sp³-hybridized carbons (Fsp3) is 0.333. The molecule has 0 amide bonds. The molecule has 1 heterocycles. The lowest BCUT2D eigenvalue weighted by atomic mass is 9.74. The summed E-state index contributed by atoms with van der Waals surface area (Å²) in [7, 11) is -3.84. The first-order chi connectivity index (χ1) is 13.9. The Morgan fingerprint density at radius 1 is 1.20 bits per heavy atom. The van der Waals surface area contributed by atoms with Crippen LogP contribution >= 0.6 is 0 Å². The van der Waals surface area contributed by atoms with Crippen LogP contribution in [0.15, 0.2) is 59.4 Å². The zero-order valence-corrected chi connectivity index (χ0v) is 18.3. The van der Waals surface area contributed by atoms with Crippen molar-refractivity contribution in [2.75, 3.05) is 4.72 Å². The number of sulfonamides is 1. The van der Waals surface area contributed by atoms with Gasteiger partial charge in [-0.05, 0) is 43.6 Å². The first-order valence-electron chi connectivity index (χ1n) is 9.30. The van der Waals surface area contributed by atoms with E-state index in [-0.39, 0.29) is 33.4 Å². The molecule has 0 spiro atoms. The summed E-state index contributed by atoms with van der Waals surface area (Å²) in [5, 5.41) is 2.85. The smallest absolute Gasteiger partial charge is 0.260 e. The van der Waals surface area contributed by atoms with Gasteiger partial charge in [-0.15, -0.1) is 0 Å². The number of anilines is 1. The molecule has 0 bridgehead atoms. The Morgan fingerprint density at radius 3 is 2.40 bits per heavy atom. The van der Waals surface area contributed by atoms with E-state index >= 15 is 0 Å². The number of hydrogen-bond acceptors (Lipinski definition) is 7. The highest BCUT2D eigenvalue weighted by molar-refractivity contribution is 7.96. The third kappa shape index (κ3) is 6.21. The van der Waals surface area contributed by atoms with E-state index < -0.39 is 10.0 Å². The molecule has 2 rings (SSSR count). The number of hydrogen-bond donors (Lipinski definition) is 2. The molecule has 0 aromatic carbocycles. The normalized spacial score (nSPS) is 17.5. The number of rotatable bonds is 7. The number of carbonyl (C=O) groups excluding carboxylic acids is 2. The molecule has 1 aliphatic rings. The number of aryl methyl sites for hydroxylation is 1. The van der Waals surface area contributed by atoms with Gasteiger partial charge in [-0.1, -0.05) is 20.4 Å². The van der Waals surface area contributed by atoms with Crippen molar-refractivity contribution in [2.45, 2.75) is 40.5 Å². The van der Waals surface area contributed by atoms with Gasteiger partial charge in [-0.2, -0.15) is 0 Å². The summed E-state index contributed by atoms with van der Waals surface area (Å²) in [5.41, 5.74) is 0.818. The molecule has 1 saturated carbocycles. The second kappa shape index (κ2) is 9.17. The van der Waals surface area contributed by atoms with Gasteiger partial charge in [0.1, 0.15) is 0 Å². The van der Waals surface area contributed by atoms with E-state index in [4.69, 9.17) is 0 Å². The Balaban J connectivity index is 2.15. The highest BCUT2D eigenvalue weighted by Gasteiger charge is 2.35. The van der Waals surface area contributed by atoms with Gasteiger partial charge in [-0.25, -0.2) is 23.1 Å². The second-order valence-corrected chi connectivity index (χ2v) is 9.65. The Morgan fingerprint density at radius 2 is 1.83 bits per heavy atom. The van der Waals surface area contributed by atoms with Crippen molar-refractivity contribution in [2.24, 2.45) is 5.41 Å². The van der Waals surface area contributed by atoms with E-state index in [9.17, 15) is 18.0 Å². The molecule has 9 heteroatoms. The average Bonchev–Trinajstić information content (AvgIpc) is 2.61. The van der Waals surface area contributed by atoms with Gasteiger partial charge >= 0.3 is 0 Å². The topological polar surface area (TPSA) is 118 Å². The maximum absolute atomic E-state index is 12.4. The van der Waals surface area contributed by atoms with Gasteiger partial charge in [0.15, 0.2) is 11.6 Å². The fourth-order valence-electron chi connectivity index (χ4n) is 2.76. The molecule has 8 nitrogen and oxygen atoms in total. The molecule has 0 radical (unpaired) electrons. The second-order valence-electron chi connectivity index (χ2n) is 7.80. The van der Waals surface area contributed by atoms with Crippen molar-refractivity contribution in [3.63, 3.8) is 0 Å². The minimum absolute atomic E-state index is 0.0178. The predicted molar refractivity (Wildman–Crippen MR) is 116 cm³/mol. The highest BCUT2D eigenvalue weighted by atomic mass is 32.2. The summed E-state index contributed by atoms with van der Waals surface area (Å²) < 4.78 is 27.2. The number of allylic oxidation sites excluding steroid dienone is 5. The van der Waals surface area contributed by atoms with Crippen LogP contribution in [-0.2, 0) is 19.6 Å². The molecule has 0 unspecified atom stereocenters. The summed E-state index contributed by atoms with van der Waals surface area (Å²) in [6.07, 6.45) is 7.70.